The molecule has 3 rings (SSSR count). The number of carbonyl (C=O) groups excluding carboxylic acids is 2. The van der Waals surface area contributed by atoms with Gasteiger partial charge in [0.15, 0.2) is 9.84 Å². The van der Waals surface area contributed by atoms with E-state index in [1.54, 1.807) is 36.4 Å². The summed E-state index contributed by atoms with van der Waals surface area (Å²) in [5, 5.41) is 3.16. The molecule has 1 atom stereocenters. The number of benzene rings is 2. The van der Waals surface area contributed by atoms with Gasteiger partial charge in [-0.1, -0.05) is 41.4 Å². The van der Waals surface area contributed by atoms with Crippen molar-refractivity contribution >= 4 is 50.5 Å². The van der Waals surface area contributed by atoms with Crippen LogP contribution < -0.4 is 5.32 Å². The van der Waals surface area contributed by atoms with Gasteiger partial charge >= 0.3 is 0 Å². The molecule has 0 radical (unpaired) electrons. The van der Waals surface area contributed by atoms with Gasteiger partial charge in [-0.3, -0.25) is 9.59 Å². The van der Waals surface area contributed by atoms with Crippen LogP contribution in [0, 0.1) is 0 Å². The van der Waals surface area contributed by atoms with E-state index < -0.39 is 39.3 Å². The highest BCUT2D eigenvalue weighted by Gasteiger charge is 2.42. The number of rotatable bonds is 3. The summed E-state index contributed by atoms with van der Waals surface area (Å²) in [5.41, 5.74) is 0.678. The van der Waals surface area contributed by atoms with E-state index >= 15 is 0 Å². The number of hydrogen-bond donors (Lipinski definition) is 1. The Morgan fingerprint density at radius 3 is 2.38 bits per heavy atom. The normalized spacial score (nSPS) is 18.5. The molecular weight excluding hydrogens is 399 g/mol. The van der Waals surface area contributed by atoms with Gasteiger partial charge in [0.25, 0.3) is 5.91 Å². The van der Waals surface area contributed by atoms with Crippen molar-refractivity contribution in [3.63, 3.8) is 0 Å². The number of anilines is 1. The van der Waals surface area contributed by atoms with Crippen LogP contribution >= 0.6 is 23.2 Å². The first-order valence-corrected chi connectivity index (χ1v) is 10.2. The Labute approximate surface area is 160 Å². The van der Waals surface area contributed by atoms with E-state index in [4.69, 9.17) is 23.2 Å². The van der Waals surface area contributed by atoms with Crippen LogP contribution in [-0.2, 0) is 14.6 Å². The zero-order chi connectivity index (χ0) is 18.9. The van der Waals surface area contributed by atoms with Gasteiger partial charge < -0.3 is 10.2 Å². The largest absolute Gasteiger partial charge is 0.324 e. The zero-order valence-corrected chi connectivity index (χ0v) is 15.7. The van der Waals surface area contributed by atoms with Gasteiger partial charge in [-0.15, -0.1) is 0 Å². The highest BCUT2D eigenvalue weighted by atomic mass is 35.5. The molecule has 136 valence electrons. The topological polar surface area (TPSA) is 83.6 Å². The molecule has 26 heavy (non-hydrogen) atoms. The standard InChI is InChI=1S/C17H14Cl2N2O4S/c18-13-7-6-12(8-14(13)19)20-16(22)15-9-26(24,25)10-21(15)17(23)11-4-2-1-3-5-11/h1-8,15H,9-10H2,(H,20,22). The van der Waals surface area contributed by atoms with Gasteiger partial charge in [-0.05, 0) is 30.3 Å². The molecule has 2 amide bonds. The Morgan fingerprint density at radius 1 is 1.04 bits per heavy atom. The van der Waals surface area contributed by atoms with Crippen LogP contribution in [0.15, 0.2) is 48.5 Å². The lowest BCUT2D eigenvalue weighted by molar-refractivity contribution is -0.119. The van der Waals surface area contributed by atoms with E-state index in [-0.39, 0.29) is 5.02 Å². The molecule has 1 unspecified atom stereocenters. The van der Waals surface area contributed by atoms with Crippen molar-refractivity contribution in [2.24, 2.45) is 0 Å². The fourth-order valence-corrected chi connectivity index (χ4v) is 4.59. The van der Waals surface area contributed by atoms with Gasteiger partial charge in [0.1, 0.15) is 11.9 Å². The molecule has 0 saturated carbocycles. The summed E-state index contributed by atoms with van der Waals surface area (Å²) in [6, 6.07) is 11.6. The Hall–Kier alpha value is -2.09. The summed E-state index contributed by atoms with van der Waals surface area (Å²) in [4.78, 5) is 26.3. The maximum absolute atomic E-state index is 12.6. The van der Waals surface area contributed by atoms with E-state index in [0.717, 1.165) is 4.90 Å². The van der Waals surface area contributed by atoms with Crippen LogP contribution in [0.25, 0.3) is 0 Å². The van der Waals surface area contributed by atoms with E-state index in [0.29, 0.717) is 16.3 Å². The first kappa shape index (κ1) is 18.7. The summed E-state index contributed by atoms with van der Waals surface area (Å²) < 4.78 is 24.1. The molecule has 1 fully saturated rings. The second-order valence-corrected chi connectivity index (χ2v) is 8.71. The molecule has 2 aromatic rings. The molecule has 1 aliphatic rings. The highest BCUT2D eigenvalue weighted by Crippen LogP contribution is 2.26. The highest BCUT2D eigenvalue weighted by molar-refractivity contribution is 7.91. The third-order valence-corrected chi connectivity index (χ3v) is 6.13. The number of nitrogens with one attached hydrogen (secondary N) is 1. The lowest BCUT2D eigenvalue weighted by Gasteiger charge is -2.22. The summed E-state index contributed by atoms with van der Waals surface area (Å²) in [6.45, 7) is 0. The van der Waals surface area contributed by atoms with Crippen LogP contribution in [0.5, 0.6) is 0 Å². The molecule has 2 aromatic carbocycles. The minimum Gasteiger partial charge on any atom is -0.324 e. The molecule has 9 heteroatoms. The lowest BCUT2D eigenvalue weighted by Crippen LogP contribution is -2.44. The lowest BCUT2D eigenvalue weighted by atomic mass is 10.1. The van der Waals surface area contributed by atoms with Crippen molar-refractivity contribution in [1.82, 2.24) is 4.90 Å². The van der Waals surface area contributed by atoms with Crippen LogP contribution in [0.1, 0.15) is 10.4 Å². The van der Waals surface area contributed by atoms with E-state index in [2.05, 4.69) is 5.32 Å². The number of halogens is 2. The van der Waals surface area contributed by atoms with Gasteiger partial charge in [-0.2, -0.15) is 0 Å². The first-order chi connectivity index (χ1) is 12.3. The Bertz CT molecular complexity index is 964. The molecule has 1 N–H and O–H groups in total. The molecule has 0 spiro atoms. The zero-order valence-electron chi connectivity index (χ0n) is 13.4. The fourth-order valence-electron chi connectivity index (χ4n) is 2.65. The summed E-state index contributed by atoms with van der Waals surface area (Å²) in [6.07, 6.45) is 0. The molecule has 0 aliphatic carbocycles. The molecule has 0 bridgehead atoms. The predicted octanol–water partition coefficient (Wildman–Crippen LogP) is 2.83. The maximum Gasteiger partial charge on any atom is 0.255 e. The SMILES string of the molecule is O=C(Nc1ccc(Cl)c(Cl)c1)C1CS(=O)(=O)CN1C(=O)c1ccccc1. The number of hydrogen-bond acceptors (Lipinski definition) is 4. The molecule has 1 saturated heterocycles. The predicted molar refractivity (Wildman–Crippen MR) is 100 cm³/mol. The summed E-state index contributed by atoms with van der Waals surface area (Å²) >= 11 is 11.8. The molecule has 0 aromatic heterocycles. The minimum atomic E-state index is -3.55. The third kappa shape index (κ3) is 4.00. The maximum atomic E-state index is 12.6. The number of amides is 2. The van der Waals surface area contributed by atoms with Gasteiger partial charge in [0, 0.05) is 11.3 Å². The van der Waals surface area contributed by atoms with E-state index in [9.17, 15) is 18.0 Å². The van der Waals surface area contributed by atoms with Crippen LogP contribution in [0.4, 0.5) is 5.69 Å². The number of carbonyl (C=O) groups is 2. The van der Waals surface area contributed by atoms with Crippen molar-refractivity contribution in [2.75, 3.05) is 16.9 Å². The smallest absolute Gasteiger partial charge is 0.255 e. The summed E-state index contributed by atoms with van der Waals surface area (Å²) in [7, 11) is -3.55. The average molecular weight is 413 g/mol. The second-order valence-electron chi connectivity index (χ2n) is 5.81. The Kier molecular flexibility index (Phi) is 5.22. The van der Waals surface area contributed by atoms with Crippen LogP contribution in [0.3, 0.4) is 0 Å². The van der Waals surface area contributed by atoms with Gasteiger partial charge in [-0.25, -0.2) is 8.42 Å². The molecule has 6 nitrogen and oxygen atoms in total. The van der Waals surface area contributed by atoms with E-state index in [1.165, 1.54) is 12.1 Å². The van der Waals surface area contributed by atoms with Gasteiger partial charge in [0.05, 0.1) is 15.8 Å². The van der Waals surface area contributed by atoms with Crippen molar-refractivity contribution < 1.29 is 18.0 Å². The van der Waals surface area contributed by atoms with E-state index in [1.807, 2.05) is 0 Å². The van der Waals surface area contributed by atoms with Crippen molar-refractivity contribution in [3.8, 4) is 0 Å². The van der Waals surface area contributed by atoms with Gasteiger partial charge in [0.2, 0.25) is 5.91 Å². The average Bonchev–Trinajstić information content (AvgIpc) is 2.94. The Balaban J connectivity index is 1.84. The Morgan fingerprint density at radius 2 is 1.73 bits per heavy atom. The monoisotopic (exact) mass is 412 g/mol. The number of sulfone groups is 1. The number of nitrogens with zero attached hydrogens (tertiary/aromatic N) is 1. The molecule has 1 heterocycles. The van der Waals surface area contributed by atoms with Crippen molar-refractivity contribution in [2.45, 2.75) is 6.04 Å². The third-order valence-electron chi connectivity index (χ3n) is 3.90. The minimum absolute atomic E-state index is 0.251. The first-order valence-electron chi connectivity index (χ1n) is 7.59. The fraction of sp³-hybridized carbons (Fsp3) is 0.176. The van der Waals surface area contributed by atoms with Crippen molar-refractivity contribution in [3.05, 3.63) is 64.1 Å². The second kappa shape index (κ2) is 7.26. The summed E-state index contributed by atoms with van der Waals surface area (Å²) in [5.74, 6) is -2.05. The van der Waals surface area contributed by atoms with Crippen LogP contribution in [-0.4, -0.2) is 42.8 Å². The van der Waals surface area contributed by atoms with Crippen molar-refractivity contribution in [1.29, 1.82) is 0 Å². The quantitative estimate of drug-likeness (QED) is 0.839. The molecule has 1 aliphatic heterocycles. The van der Waals surface area contributed by atoms with Crippen LogP contribution in [0.2, 0.25) is 10.0 Å². The molecular formula is C17H14Cl2N2O4S.